The quantitative estimate of drug-likeness (QED) is 0.133. The Labute approximate surface area is 408 Å². The molecule has 0 aliphatic heterocycles. The number of methoxy groups -OCH3 is 2. The average Bonchev–Trinajstić information content (AvgIpc) is 3.78. The summed E-state index contributed by atoms with van der Waals surface area (Å²) in [6.07, 6.45) is 0.878. The van der Waals surface area contributed by atoms with Crippen molar-refractivity contribution in [2.24, 2.45) is 5.41 Å². The van der Waals surface area contributed by atoms with Gasteiger partial charge in [-0.05, 0) is 69.0 Å². The van der Waals surface area contributed by atoms with Crippen LogP contribution in [-0.2, 0) is 32.7 Å². The Morgan fingerprint density at radius 2 is 1.48 bits per heavy atom. The Bertz CT molecular complexity index is 2120. The Hall–Kier alpha value is -4.96. The highest BCUT2D eigenvalue weighted by molar-refractivity contribution is 7.15. The highest BCUT2D eigenvalue weighted by Gasteiger charge is 2.29. The first-order valence-electron chi connectivity index (χ1n) is 21.7. The lowest BCUT2D eigenvalue weighted by Crippen LogP contribution is -2.43. The zero-order valence-electron chi connectivity index (χ0n) is 42.1. The lowest BCUT2D eigenvalue weighted by molar-refractivity contribution is -0.142. The molecule has 3 aromatic carbocycles. The average molecular weight is 974 g/mol. The van der Waals surface area contributed by atoms with Crippen molar-refractivity contribution >= 4 is 74.9 Å². The summed E-state index contributed by atoms with van der Waals surface area (Å²) in [7, 11) is 9.77. The number of para-hydroxylation sites is 1. The number of hydrogen-bond donors (Lipinski definition) is 2. The molecule has 0 fully saturated rings. The van der Waals surface area contributed by atoms with E-state index in [0.717, 1.165) is 28.2 Å². The molecule has 0 saturated heterocycles. The van der Waals surface area contributed by atoms with E-state index in [1.807, 2.05) is 69.9 Å². The van der Waals surface area contributed by atoms with Crippen molar-refractivity contribution in [3.8, 4) is 5.75 Å². The molecular formula is C49H74Cl2N8O6S. The second-order valence-corrected chi connectivity index (χ2v) is 19.5. The molecule has 0 saturated carbocycles. The Kier molecular flexibility index (Phi) is 25.3. The molecule has 0 radical (unpaired) electrons. The van der Waals surface area contributed by atoms with Crippen LogP contribution >= 0.6 is 34.5 Å². The zero-order valence-corrected chi connectivity index (χ0v) is 44.5. The molecule has 2 N–H and O–H groups in total. The second kappa shape index (κ2) is 28.3. The Morgan fingerprint density at radius 3 is 1.94 bits per heavy atom. The number of urea groups is 2. The van der Waals surface area contributed by atoms with Crippen molar-refractivity contribution in [1.82, 2.24) is 25.3 Å². The van der Waals surface area contributed by atoms with Gasteiger partial charge in [0, 0.05) is 64.4 Å². The van der Waals surface area contributed by atoms with Crippen LogP contribution in [0, 0.1) is 12.3 Å². The summed E-state index contributed by atoms with van der Waals surface area (Å²) < 4.78 is 10.2. The number of hydrogen-bond acceptors (Lipinski definition) is 9. The fourth-order valence-electron chi connectivity index (χ4n) is 5.91. The van der Waals surface area contributed by atoms with Crippen molar-refractivity contribution in [2.75, 3.05) is 70.0 Å². The van der Waals surface area contributed by atoms with Gasteiger partial charge in [0.05, 0.1) is 30.5 Å². The van der Waals surface area contributed by atoms with E-state index in [9.17, 15) is 19.2 Å². The number of aromatic nitrogens is 2. The molecule has 6 amide bonds. The molecule has 366 valence electrons. The number of nitrogens with zero attached hydrogens (tertiary/aromatic N) is 6. The van der Waals surface area contributed by atoms with E-state index in [0.29, 0.717) is 34.7 Å². The zero-order chi connectivity index (χ0) is 50.5. The van der Waals surface area contributed by atoms with Crippen LogP contribution in [0.2, 0.25) is 5.02 Å². The van der Waals surface area contributed by atoms with Gasteiger partial charge in [-0.3, -0.25) is 14.5 Å². The minimum absolute atomic E-state index is 0.0223. The number of amides is 6. The maximum Gasteiger partial charge on any atom is 0.323 e. The number of ether oxygens (including phenoxy) is 2. The molecule has 14 nitrogen and oxygen atoms in total. The fourth-order valence-corrected chi connectivity index (χ4v) is 7.16. The van der Waals surface area contributed by atoms with Gasteiger partial charge in [-0.1, -0.05) is 120 Å². The molecule has 17 heteroatoms. The molecular weight excluding hydrogens is 900 g/mol. The summed E-state index contributed by atoms with van der Waals surface area (Å²) >= 11 is 13.1. The number of aryl methyl sites for hydroxylation is 2. The van der Waals surface area contributed by atoms with Crippen molar-refractivity contribution in [3.63, 3.8) is 0 Å². The minimum atomic E-state index is -0.320. The van der Waals surface area contributed by atoms with E-state index in [1.165, 1.54) is 26.7 Å². The van der Waals surface area contributed by atoms with Crippen molar-refractivity contribution in [1.29, 1.82) is 0 Å². The van der Waals surface area contributed by atoms with Crippen LogP contribution in [0.4, 0.5) is 26.1 Å². The monoisotopic (exact) mass is 972 g/mol. The van der Waals surface area contributed by atoms with Crippen LogP contribution in [0.15, 0.2) is 66.7 Å². The second-order valence-electron chi connectivity index (χ2n) is 17.8. The van der Waals surface area contributed by atoms with Crippen LogP contribution in [0.3, 0.4) is 0 Å². The van der Waals surface area contributed by atoms with Crippen LogP contribution in [0.25, 0.3) is 0 Å². The SMILES string of the molecule is CC(C)N(Cc1ccccc1)C(=O)C(C)(C)C.CCc1cccc(C)c1N(C(=O)CCl)C(C)COC.CNC(=O)N(C)c1nnc(C(C)(C)C)s1.COc1ccc(NC(=O)N(C)C)cc1Cl. The number of benzene rings is 3. The van der Waals surface area contributed by atoms with Gasteiger partial charge in [-0.15, -0.1) is 21.8 Å². The molecule has 66 heavy (non-hydrogen) atoms. The van der Waals surface area contributed by atoms with Gasteiger partial charge in [0.15, 0.2) is 0 Å². The third-order valence-electron chi connectivity index (χ3n) is 9.57. The topological polar surface area (TPSA) is 150 Å². The van der Waals surface area contributed by atoms with Gasteiger partial charge >= 0.3 is 12.1 Å². The van der Waals surface area contributed by atoms with Crippen molar-refractivity contribution in [3.05, 3.63) is 93.5 Å². The summed E-state index contributed by atoms with van der Waals surface area (Å²) in [5.74, 6) is 0.678. The van der Waals surface area contributed by atoms with Crippen LogP contribution in [-0.4, -0.2) is 111 Å². The lowest BCUT2D eigenvalue weighted by atomic mass is 9.93. The first-order valence-corrected chi connectivity index (χ1v) is 23.4. The predicted octanol–water partition coefficient (Wildman–Crippen LogP) is 10.7. The minimum Gasteiger partial charge on any atom is -0.495 e. The predicted molar refractivity (Wildman–Crippen MR) is 274 cm³/mol. The van der Waals surface area contributed by atoms with Gasteiger partial charge in [0.25, 0.3) is 0 Å². The number of carbonyl (C=O) groups is 4. The van der Waals surface area contributed by atoms with E-state index in [4.69, 9.17) is 32.7 Å². The summed E-state index contributed by atoms with van der Waals surface area (Å²) in [5.41, 5.74) is 4.68. The smallest absolute Gasteiger partial charge is 0.323 e. The maximum atomic E-state index is 12.3. The van der Waals surface area contributed by atoms with Gasteiger partial charge in [-0.2, -0.15) is 0 Å². The largest absolute Gasteiger partial charge is 0.495 e. The van der Waals surface area contributed by atoms with E-state index in [2.05, 4.69) is 80.6 Å². The molecule has 0 aliphatic carbocycles. The molecule has 4 rings (SSSR count). The number of carbonyl (C=O) groups excluding carboxylic acids is 4. The molecule has 4 aromatic rings. The van der Waals surface area contributed by atoms with Crippen molar-refractivity contribution < 1.29 is 28.7 Å². The molecule has 1 aromatic heterocycles. The van der Waals surface area contributed by atoms with Gasteiger partial charge in [0.2, 0.25) is 16.9 Å². The Morgan fingerprint density at radius 1 is 0.864 bits per heavy atom. The first kappa shape index (κ1) is 59.1. The van der Waals surface area contributed by atoms with Crippen LogP contribution < -0.4 is 25.2 Å². The van der Waals surface area contributed by atoms with Gasteiger partial charge < -0.3 is 34.8 Å². The molecule has 0 spiro atoms. The van der Waals surface area contributed by atoms with E-state index in [1.54, 1.807) is 65.5 Å². The summed E-state index contributed by atoms with van der Waals surface area (Å²) in [6, 6.07) is 21.1. The van der Waals surface area contributed by atoms with Gasteiger partial charge in [0.1, 0.15) is 16.6 Å². The lowest BCUT2D eigenvalue weighted by Gasteiger charge is -2.32. The third kappa shape index (κ3) is 19.1. The highest BCUT2D eigenvalue weighted by Crippen LogP contribution is 2.31. The first-order chi connectivity index (χ1) is 30.8. The summed E-state index contributed by atoms with van der Waals surface area (Å²) in [4.78, 5) is 53.8. The number of rotatable bonds is 12. The van der Waals surface area contributed by atoms with E-state index < -0.39 is 0 Å². The Balaban J connectivity index is 0.000000442. The molecule has 0 bridgehead atoms. The molecule has 1 unspecified atom stereocenters. The van der Waals surface area contributed by atoms with Crippen LogP contribution in [0.1, 0.15) is 90.9 Å². The number of halogens is 2. The number of anilines is 3. The molecule has 1 heterocycles. The summed E-state index contributed by atoms with van der Waals surface area (Å²) in [6.45, 7) is 23.5. The number of nitrogens with one attached hydrogen (secondary N) is 2. The maximum absolute atomic E-state index is 12.3. The molecule has 1 atom stereocenters. The van der Waals surface area contributed by atoms with E-state index >= 15 is 0 Å². The van der Waals surface area contributed by atoms with Crippen LogP contribution in [0.5, 0.6) is 5.75 Å². The summed E-state index contributed by atoms with van der Waals surface area (Å²) in [5, 5.41) is 15.3. The molecule has 0 aliphatic rings. The van der Waals surface area contributed by atoms with Gasteiger partial charge in [-0.25, -0.2) is 9.59 Å². The fraction of sp³-hybridized carbons (Fsp3) is 0.510. The van der Waals surface area contributed by atoms with Crippen molar-refractivity contribution in [2.45, 2.75) is 107 Å². The highest BCUT2D eigenvalue weighted by atomic mass is 35.5. The third-order valence-corrected chi connectivity index (χ3v) is 11.5. The standard InChI is InChI=1S/C15H22ClNO2.C15H23NO.C10H13ClN2O2.C9H16N4OS/c1-5-13-8-6-7-11(2)15(13)17(14(18)9-16)12(3)10-19-4;1-12(2)16(14(17)15(3,4)5)11-13-9-7-6-8-10-13;1-13(2)10(14)12-7-4-5-9(15-3)8(11)6-7;1-9(2,3)6-11-12-8(15-6)13(5)7(14)10-4/h6-8,12H,5,9-10H2,1-4H3;6-10,12H,11H2,1-5H3;4-6H,1-3H3,(H,12,14);1-5H3,(H,10,14). The number of alkyl halides is 1. The normalized spacial score (nSPS) is 11.3. The van der Waals surface area contributed by atoms with E-state index in [-0.39, 0.29) is 52.7 Å².